The molecule has 2 rings (SSSR count). The summed E-state index contributed by atoms with van der Waals surface area (Å²) in [6, 6.07) is 5.90. The molecule has 0 radical (unpaired) electrons. The van der Waals surface area contributed by atoms with Gasteiger partial charge in [-0.25, -0.2) is 23.1 Å². The SMILES string of the molecule is Cc1nc(NS(=O)(=O)c2ccc(N)cc2)nc(C)c1Br. The Bertz CT molecular complexity index is 722. The highest BCUT2D eigenvalue weighted by atomic mass is 79.9. The number of sulfonamides is 1. The number of nitrogen functional groups attached to an aromatic ring is 1. The van der Waals surface area contributed by atoms with E-state index in [1.54, 1.807) is 13.8 Å². The van der Waals surface area contributed by atoms with Gasteiger partial charge in [0.05, 0.1) is 20.8 Å². The highest BCUT2D eigenvalue weighted by Crippen LogP contribution is 2.20. The smallest absolute Gasteiger partial charge is 0.264 e. The Morgan fingerprint density at radius 1 is 1.10 bits per heavy atom. The summed E-state index contributed by atoms with van der Waals surface area (Å²) in [6.07, 6.45) is 0. The number of nitrogens with one attached hydrogen (secondary N) is 1. The molecule has 0 saturated carbocycles. The van der Waals surface area contributed by atoms with Crippen molar-refractivity contribution in [3.63, 3.8) is 0 Å². The standard InChI is InChI=1S/C12H13BrN4O2S/c1-7-11(13)8(2)16-12(15-7)17-20(18,19)10-5-3-9(14)4-6-10/h3-6H,14H2,1-2H3,(H,15,16,17). The molecule has 20 heavy (non-hydrogen) atoms. The van der Waals surface area contributed by atoms with E-state index in [0.29, 0.717) is 17.1 Å². The van der Waals surface area contributed by atoms with Crippen LogP contribution in [0.2, 0.25) is 0 Å². The number of hydrogen-bond acceptors (Lipinski definition) is 5. The predicted octanol–water partition coefficient (Wildman–Crippen LogP) is 2.24. The van der Waals surface area contributed by atoms with Crippen LogP contribution in [0.15, 0.2) is 33.6 Å². The van der Waals surface area contributed by atoms with E-state index in [2.05, 4.69) is 30.6 Å². The topological polar surface area (TPSA) is 98.0 Å². The number of hydrogen-bond donors (Lipinski definition) is 2. The van der Waals surface area contributed by atoms with Crippen molar-refractivity contribution in [3.8, 4) is 0 Å². The molecule has 0 saturated heterocycles. The van der Waals surface area contributed by atoms with Crippen LogP contribution in [0, 0.1) is 13.8 Å². The minimum Gasteiger partial charge on any atom is -0.399 e. The van der Waals surface area contributed by atoms with Crippen molar-refractivity contribution in [1.29, 1.82) is 0 Å². The quantitative estimate of drug-likeness (QED) is 0.821. The molecule has 3 N–H and O–H groups in total. The summed E-state index contributed by atoms with van der Waals surface area (Å²) < 4.78 is 27.5. The van der Waals surface area contributed by atoms with E-state index < -0.39 is 10.0 Å². The Balaban J connectivity index is 2.36. The van der Waals surface area contributed by atoms with Crippen LogP contribution >= 0.6 is 15.9 Å². The molecule has 0 amide bonds. The monoisotopic (exact) mass is 356 g/mol. The fourth-order valence-corrected chi connectivity index (χ4v) is 2.70. The van der Waals surface area contributed by atoms with Gasteiger partial charge in [-0.1, -0.05) is 0 Å². The molecule has 8 heteroatoms. The lowest BCUT2D eigenvalue weighted by molar-refractivity contribution is 0.601. The first-order valence-electron chi connectivity index (χ1n) is 5.69. The van der Waals surface area contributed by atoms with Gasteiger partial charge in [0.15, 0.2) is 0 Å². The summed E-state index contributed by atoms with van der Waals surface area (Å²) in [4.78, 5) is 8.28. The maximum Gasteiger partial charge on any atom is 0.264 e. The number of nitrogens with two attached hydrogens (primary N) is 1. The molecule has 0 aliphatic carbocycles. The van der Waals surface area contributed by atoms with Gasteiger partial charge in [0, 0.05) is 5.69 Å². The third-order valence-electron chi connectivity index (χ3n) is 2.60. The summed E-state index contributed by atoms with van der Waals surface area (Å²) in [5.41, 5.74) is 7.35. The lowest BCUT2D eigenvalue weighted by Crippen LogP contribution is -2.16. The minimum atomic E-state index is -3.72. The zero-order valence-electron chi connectivity index (χ0n) is 10.9. The first-order valence-corrected chi connectivity index (χ1v) is 7.96. The van der Waals surface area contributed by atoms with Gasteiger partial charge in [-0.05, 0) is 54.0 Å². The molecule has 0 atom stereocenters. The van der Waals surface area contributed by atoms with Crippen molar-refractivity contribution in [2.75, 3.05) is 10.5 Å². The Kier molecular flexibility index (Phi) is 3.96. The first kappa shape index (κ1) is 14.7. The highest BCUT2D eigenvalue weighted by molar-refractivity contribution is 9.10. The molecule has 0 unspecified atom stereocenters. The van der Waals surface area contributed by atoms with Crippen LogP contribution in [-0.2, 0) is 10.0 Å². The minimum absolute atomic E-state index is 0.0417. The molecule has 2 aromatic rings. The molecule has 0 fully saturated rings. The summed E-state index contributed by atoms with van der Waals surface area (Å²) in [7, 11) is -3.72. The summed E-state index contributed by atoms with van der Waals surface area (Å²) in [5, 5.41) is 0. The highest BCUT2D eigenvalue weighted by Gasteiger charge is 2.16. The summed E-state index contributed by atoms with van der Waals surface area (Å²) in [5.74, 6) is 0.0417. The number of nitrogens with zero attached hydrogens (tertiary/aromatic N) is 2. The maximum absolute atomic E-state index is 12.2. The molecule has 1 aromatic carbocycles. The number of aromatic nitrogens is 2. The normalized spacial score (nSPS) is 11.3. The van der Waals surface area contributed by atoms with Crippen LogP contribution in [0.1, 0.15) is 11.4 Å². The van der Waals surface area contributed by atoms with E-state index in [4.69, 9.17) is 5.73 Å². The van der Waals surface area contributed by atoms with Crippen LogP contribution in [0.25, 0.3) is 0 Å². The van der Waals surface area contributed by atoms with E-state index >= 15 is 0 Å². The van der Waals surface area contributed by atoms with Gasteiger partial charge in [0.1, 0.15) is 0 Å². The number of halogens is 1. The summed E-state index contributed by atoms with van der Waals surface area (Å²) in [6.45, 7) is 3.53. The van der Waals surface area contributed by atoms with Gasteiger partial charge < -0.3 is 5.73 Å². The van der Waals surface area contributed by atoms with Gasteiger partial charge in [0.2, 0.25) is 5.95 Å². The largest absolute Gasteiger partial charge is 0.399 e. The Morgan fingerprint density at radius 2 is 1.60 bits per heavy atom. The first-order chi connectivity index (χ1) is 9.29. The summed E-state index contributed by atoms with van der Waals surface area (Å²) >= 11 is 3.33. The predicted molar refractivity (Wildman–Crippen MR) is 80.9 cm³/mol. The van der Waals surface area contributed by atoms with Crippen LogP contribution in [0.4, 0.5) is 11.6 Å². The molecular weight excluding hydrogens is 344 g/mol. The average Bonchev–Trinajstić information content (AvgIpc) is 2.36. The average molecular weight is 357 g/mol. The number of rotatable bonds is 3. The fourth-order valence-electron chi connectivity index (χ4n) is 1.57. The third kappa shape index (κ3) is 3.07. The van der Waals surface area contributed by atoms with Crippen molar-refractivity contribution in [3.05, 3.63) is 40.1 Å². The van der Waals surface area contributed by atoms with Crippen LogP contribution in [0.3, 0.4) is 0 Å². The second-order valence-corrected chi connectivity index (χ2v) is 6.68. The lowest BCUT2D eigenvalue weighted by atomic mass is 10.3. The van der Waals surface area contributed by atoms with Gasteiger partial charge in [0.25, 0.3) is 10.0 Å². The van der Waals surface area contributed by atoms with Crippen molar-refractivity contribution in [2.45, 2.75) is 18.7 Å². The third-order valence-corrected chi connectivity index (χ3v) is 5.09. The fraction of sp³-hybridized carbons (Fsp3) is 0.167. The zero-order chi connectivity index (χ0) is 14.9. The van der Waals surface area contributed by atoms with Crippen molar-refractivity contribution in [2.24, 2.45) is 0 Å². The van der Waals surface area contributed by atoms with Crippen molar-refractivity contribution >= 4 is 37.6 Å². The molecule has 0 aliphatic heterocycles. The number of anilines is 2. The molecule has 0 spiro atoms. The van der Waals surface area contributed by atoms with Crippen molar-refractivity contribution < 1.29 is 8.42 Å². The van der Waals surface area contributed by atoms with Gasteiger partial charge in [-0.15, -0.1) is 0 Å². The molecule has 6 nitrogen and oxygen atoms in total. The number of aryl methyl sites for hydroxylation is 2. The lowest BCUT2D eigenvalue weighted by Gasteiger charge is -2.09. The van der Waals surface area contributed by atoms with E-state index in [0.717, 1.165) is 4.47 Å². The molecule has 106 valence electrons. The molecule has 0 bridgehead atoms. The van der Waals surface area contributed by atoms with Gasteiger partial charge >= 0.3 is 0 Å². The molecule has 0 aliphatic rings. The molecule has 1 heterocycles. The van der Waals surface area contributed by atoms with E-state index in [1.165, 1.54) is 24.3 Å². The van der Waals surface area contributed by atoms with E-state index in [-0.39, 0.29) is 10.8 Å². The maximum atomic E-state index is 12.2. The second kappa shape index (κ2) is 5.37. The Hall–Kier alpha value is -1.67. The van der Waals surface area contributed by atoms with E-state index in [9.17, 15) is 8.42 Å². The van der Waals surface area contributed by atoms with Gasteiger partial charge in [-0.3, -0.25) is 0 Å². The van der Waals surface area contributed by atoms with Gasteiger partial charge in [-0.2, -0.15) is 0 Å². The van der Waals surface area contributed by atoms with Crippen LogP contribution in [0.5, 0.6) is 0 Å². The number of benzene rings is 1. The van der Waals surface area contributed by atoms with E-state index in [1.807, 2.05) is 0 Å². The van der Waals surface area contributed by atoms with Crippen molar-refractivity contribution in [1.82, 2.24) is 9.97 Å². The van der Waals surface area contributed by atoms with Crippen LogP contribution in [-0.4, -0.2) is 18.4 Å². The Morgan fingerprint density at radius 3 is 2.10 bits per heavy atom. The zero-order valence-corrected chi connectivity index (χ0v) is 13.3. The molecule has 1 aromatic heterocycles. The second-order valence-electron chi connectivity index (χ2n) is 4.21. The van der Waals surface area contributed by atoms with Crippen LogP contribution < -0.4 is 10.5 Å². The Labute approximate surface area is 125 Å². The molecular formula is C12H13BrN4O2S.